The highest BCUT2D eigenvalue weighted by Gasteiger charge is 2.29. The van der Waals surface area contributed by atoms with Crippen molar-refractivity contribution in [1.29, 1.82) is 0 Å². The number of nitrogens with one attached hydrogen (secondary N) is 1. The van der Waals surface area contributed by atoms with Gasteiger partial charge in [0.05, 0.1) is 5.92 Å². The van der Waals surface area contributed by atoms with Gasteiger partial charge < -0.3 is 14.9 Å². The molecule has 3 rings (SSSR count). The van der Waals surface area contributed by atoms with E-state index in [2.05, 4.69) is 22.4 Å². The van der Waals surface area contributed by atoms with Crippen LogP contribution >= 0.6 is 0 Å². The molecule has 0 radical (unpaired) electrons. The summed E-state index contributed by atoms with van der Waals surface area (Å²) >= 11 is 0. The number of halogens is 1. The molecular weight excluding hydrogens is 249 g/mol. The highest BCUT2D eigenvalue weighted by atomic mass is 19.1. The van der Waals surface area contributed by atoms with Gasteiger partial charge in [0.15, 0.2) is 11.6 Å². The summed E-state index contributed by atoms with van der Waals surface area (Å²) < 4.78 is 18.5. The van der Waals surface area contributed by atoms with E-state index in [1.54, 1.807) is 6.07 Å². The zero-order valence-corrected chi connectivity index (χ0v) is 10.4. The Morgan fingerprint density at radius 1 is 1.42 bits per heavy atom. The summed E-state index contributed by atoms with van der Waals surface area (Å²) in [4.78, 5) is 4.32. The van der Waals surface area contributed by atoms with E-state index in [4.69, 9.17) is 9.63 Å². The molecule has 1 aromatic carbocycles. The van der Waals surface area contributed by atoms with E-state index in [0.717, 1.165) is 13.1 Å². The molecule has 5 nitrogen and oxygen atoms in total. The molecule has 1 aromatic heterocycles. The van der Waals surface area contributed by atoms with Crippen LogP contribution in [-0.4, -0.2) is 28.3 Å². The zero-order chi connectivity index (χ0) is 13.4. The van der Waals surface area contributed by atoms with Crippen LogP contribution in [0.1, 0.15) is 18.7 Å². The lowest BCUT2D eigenvalue weighted by Gasteiger charge is -2.07. The predicted octanol–water partition coefficient (Wildman–Crippen LogP) is 1.90. The van der Waals surface area contributed by atoms with Crippen molar-refractivity contribution in [2.24, 2.45) is 5.92 Å². The Kier molecular flexibility index (Phi) is 2.94. The van der Waals surface area contributed by atoms with Gasteiger partial charge in [0.2, 0.25) is 11.7 Å². The minimum absolute atomic E-state index is 0.197. The largest absolute Gasteiger partial charge is 0.505 e. The van der Waals surface area contributed by atoms with Gasteiger partial charge in [-0.25, -0.2) is 4.39 Å². The predicted molar refractivity (Wildman–Crippen MR) is 66.1 cm³/mol. The molecule has 0 aliphatic carbocycles. The third-order valence-electron chi connectivity index (χ3n) is 3.48. The summed E-state index contributed by atoms with van der Waals surface area (Å²) in [6.07, 6.45) is 0. The summed E-state index contributed by atoms with van der Waals surface area (Å²) in [7, 11) is 0. The van der Waals surface area contributed by atoms with Crippen molar-refractivity contribution >= 4 is 0 Å². The number of aromatic hydroxyl groups is 1. The molecular formula is C13H14FN3O2. The standard InChI is InChI=1S/C13H14FN3O2/c1-7-5-15-6-9(7)13-16-12(17-19-13)8-2-3-11(18)10(14)4-8/h2-4,7,9,15,18H,5-6H2,1H3/t7-,9-/m1/s1. The normalized spacial score (nSPS) is 22.8. The Hall–Kier alpha value is -1.95. The van der Waals surface area contributed by atoms with E-state index >= 15 is 0 Å². The first-order valence-electron chi connectivity index (χ1n) is 6.18. The SMILES string of the molecule is C[C@@H]1CNC[C@H]1c1nc(-c2ccc(O)c(F)c2)no1. The van der Waals surface area contributed by atoms with Crippen molar-refractivity contribution in [2.75, 3.05) is 13.1 Å². The van der Waals surface area contributed by atoms with Crippen LogP contribution in [0.2, 0.25) is 0 Å². The number of phenols is 1. The maximum Gasteiger partial charge on any atom is 0.231 e. The van der Waals surface area contributed by atoms with Crippen LogP contribution in [0.15, 0.2) is 22.7 Å². The van der Waals surface area contributed by atoms with Crippen LogP contribution in [0, 0.1) is 11.7 Å². The summed E-state index contributed by atoms with van der Waals surface area (Å²) in [5.74, 6) is 0.461. The molecule has 0 spiro atoms. The second kappa shape index (κ2) is 4.62. The molecule has 1 fully saturated rings. The van der Waals surface area contributed by atoms with E-state index in [-0.39, 0.29) is 11.7 Å². The van der Waals surface area contributed by atoms with Gasteiger partial charge in [0.25, 0.3) is 0 Å². The maximum atomic E-state index is 13.3. The number of hydrogen-bond donors (Lipinski definition) is 2. The summed E-state index contributed by atoms with van der Waals surface area (Å²) in [6.45, 7) is 3.86. The average molecular weight is 263 g/mol. The number of benzene rings is 1. The van der Waals surface area contributed by atoms with Crippen LogP contribution in [0.25, 0.3) is 11.4 Å². The van der Waals surface area contributed by atoms with Crippen molar-refractivity contribution in [3.05, 3.63) is 29.9 Å². The zero-order valence-electron chi connectivity index (χ0n) is 10.4. The van der Waals surface area contributed by atoms with Gasteiger partial charge in [-0.05, 0) is 30.7 Å². The minimum atomic E-state index is -0.695. The van der Waals surface area contributed by atoms with E-state index < -0.39 is 5.82 Å². The van der Waals surface area contributed by atoms with E-state index in [9.17, 15) is 4.39 Å². The summed E-state index contributed by atoms with van der Waals surface area (Å²) in [5.41, 5.74) is 0.490. The maximum absolute atomic E-state index is 13.3. The minimum Gasteiger partial charge on any atom is -0.505 e. The highest BCUT2D eigenvalue weighted by Crippen LogP contribution is 2.29. The first-order chi connectivity index (χ1) is 9.15. The lowest BCUT2D eigenvalue weighted by atomic mass is 9.98. The molecule has 100 valence electrons. The first-order valence-corrected chi connectivity index (χ1v) is 6.18. The molecule has 0 bridgehead atoms. The molecule has 2 atom stereocenters. The van der Waals surface area contributed by atoms with Gasteiger partial charge in [0.1, 0.15) is 0 Å². The lowest BCUT2D eigenvalue weighted by molar-refractivity contribution is 0.340. The lowest BCUT2D eigenvalue weighted by Crippen LogP contribution is -2.08. The number of aromatic nitrogens is 2. The Balaban J connectivity index is 1.90. The second-order valence-electron chi connectivity index (χ2n) is 4.86. The smallest absolute Gasteiger partial charge is 0.231 e. The van der Waals surface area contributed by atoms with E-state index in [1.165, 1.54) is 12.1 Å². The van der Waals surface area contributed by atoms with E-state index in [1.807, 2.05) is 0 Å². The van der Waals surface area contributed by atoms with Crippen LogP contribution in [0.5, 0.6) is 5.75 Å². The van der Waals surface area contributed by atoms with Crippen molar-refractivity contribution in [1.82, 2.24) is 15.5 Å². The molecule has 0 unspecified atom stereocenters. The third-order valence-corrected chi connectivity index (χ3v) is 3.48. The number of nitrogens with zero attached hydrogens (tertiary/aromatic N) is 2. The summed E-state index contributed by atoms with van der Waals surface area (Å²) in [5, 5.41) is 16.3. The molecule has 1 saturated heterocycles. The van der Waals surface area contributed by atoms with Gasteiger partial charge in [-0.15, -0.1) is 0 Å². The first kappa shape index (κ1) is 12.1. The van der Waals surface area contributed by atoms with Gasteiger partial charge >= 0.3 is 0 Å². The van der Waals surface area contributed by atoms with Crippen molar-refractivity contribution < 1.29 is 14.0 Å². The van der Waals surface area contributed by atoms with E-state index in [0.29, 0.717) is 23.2 Å². The number of hydrogen-bond acceptors (Lipinski definition) is 5. The number of phenolic OH excluding ortho intramolecular Hbond substituents is 1. The molecule has 1 aliphatic heterocycles. The Morgan fingerprint density at radius 3 is 2.95 bits per heavy atom. The van der Waals surface area contributed by atoms with Crippen LogP contribution in [0.3, 0.4) is 0 Å². The average Bonchev–Trinajstić information content (AvgIpc) is 3.01. The highest BCUT2D eigenvalue weighted by molar-refractivity contribution is 5.55. The fourth-order valence-corrected chi connectivity index (χ4v) is 2.29. The van der Waals surface area contributed by atoms with Crippen molar-refractivity contribution in [3.8, 4) is 17.1 Å². The fourth-order valence-electron chi connectivity index (χ4n) is 2.29. The van der Waals surface area contributed by atoms with Crippen LogP contribution in [-0.2, 0) is 0 Å². The number of rotatable bonds is 2. The second-order valence-corrected chi connectivity index (χ2v) is 4.86. The van der Waals surface area contributed by atoms with Gasteiger partial charge in [0, 0.05) is 12.1 Å². The van der Waals surface area contributed by atoms with Gasteiger partial charge in [-0.3, -0.25) is 0 Å². The Morgan fingerprint density at radius 2 is 2.26 bits per heavy atom. The molecule has 2 heterocycles. The van der Waals surface area contributed by atoms with Crippen LogP contribution in [0.4, 0.5) is 4.39 Å². The third kappa shape index (κ3) is 2.19. The fraction of sp³-hybridized carbons (Fsp3) is 0.385. The molecule has 2 N–H and O–H groups in total. The topological polar surface area (TPSA) is 71.2 Å². The monoisotopic (exact) mass is 263 g/mol. The molecule has 1 aliphatic rings. The molecule has 6 heteroatoms. The van der Waals surface area contributed by atoms with Gasteiger partial charge in [-0.2, -0.15) is 4.98 Å². The molecule has 2 aromatic rings. The Labute approximate surface area is 109 Å². The van der Waals surface area contributed by atoms with Crippen molar-refractivity contribution in [2.45, 2.75) is 12.8 Å². The summed E-state index contributed by atoms with van der Waals surface area (Å²) in [6, 6.07) is 4.03. The molecule has 0 saturated carbocycles. The Bertz CT molecular complexity index is 599. The quantitative estimate of drug-likeness (QED) is 0.866. The molecule has 0 amide bonds. The van der Waals surface area contributed by atoms with Gasteiger partial charge in [-0.1, -0.05) is 12.1 Å². The van der Waals surface area contributed by atoms with Crippen molar-refractivity contribution in [3.63, 3.8) is 0 Å². The molecule has 19 heavy (non-hydrogen) atoms. The van der Waals surface area contributed by atoms with Crippen LogP contribution < -0.4 is 5.32 Å².